The third-order valence-corrected chi connectivity index (χ3v) is 4.77. The Hall–Kier alpha value is -2.41. The molecule has 1 aromatic heterocycles. The highest BCUT2D eigenvalue weighted by atomic mass is 32.1. The lowest BCUT2D eigenvalue weighted by molar-refractivity contribution is 0.0811. The van der Waals surface area contributed by atoms with Crippen molar-refractivity contribution in [1.82, 2.24) is 5.32 Å². The number of ether oxygens (including phenoxy) is 4. The molecule has 4 rings (SSSR count). The zero-order valence-electron chi connectivity index (χ0n) is 12.9. The van der Waals surface area contributed by atoms with Gasteiger partial charge in [-0.15, -0.1) is 11.3 Å². The number of carbonyl (C=O) groups is 1. The molecule has 24 heavy (non-hydrogen) atoms. The molecule has 2 aromatic rings. The molecule has 3 heterocycles. The zero-order valence-corrected chi connectivity index (χ0v) is 13.8. The molecule has 0 saturated carbocycles. The van der Waals surface area contributed by atoms with E-state index in [0.717, 1.165) is 11.5 Å². The number of nitrogens with one attached hydrogen (secondary N) is 1. The smallest absolute Gasteiger partial charge is 0.265 e. The van der Waals surface area contributed by atoms with Crippen molar-refractivity contribution in [2.24, 2.45) is 0 Å². The fraction of sp³-hybridized carbons (Fsp3) is 0.353. The van der Waals surface area contributed by atoms with Crippen molar-refractivity contribution in [2.45, 2.75) is 12.5 Å². The summed E-state index contributed by atoms with van der Waals surface area (Å²) in [6.07, 6.45) is 0.599. The van der Waals surface area contributed by atoms with Crippen LogP contribution in [0.1, 0.15) is 16.1 Å². The van der Waals surface area contributed by atoms with E-state index in [2.05, 4.69) is 5.32 Å². The molecule has 0 radical (unpaired) electrons. The summed E-state index contributed by atoms with van der Waals surface area (Å²) in [5.74, 6) is 2.56. The fourth-order valence-corrected chi connectivity index (χ4v) is 3.50. The molecule has 6 nitrogen and oxygen atoms in total. The number of hydrogen-bond acceptors (Lipinski definition) is 6. The highest BCUT2D eigenvalue weighted by Crippen LogP contribution is 2.39. The summed E-state index contributed by atoms with van der Waals surface area (Å²) in [7, 11) is 0. The Morgan fingerprint density at radius 1 is 1.12 bits per heavy atom. The lowest BCUT2D eigenvalue weighted by Gasteiger charge is -2.26. The minimum Gasteiger partial charge on any atom is -0.486 e. The number of amides is 1. The van der Waals surface area contributed by atoms with Gasteiger partial charge < -0.3 is 24.3 Å². The monoisotopic (exact) mass is 347 g/mol. The van der Waals surface area contributed by atoms with Gasteiger partial charge in [0.2, 0.25) is 0 Å². The number of thiophene rings is 1. The third kappa shape index (κ3) is 2.99. The minimum atomic E-state index is -0.149. The molecule has 2 aliphatic rings. The van der Waals surface area contributed by atoms with Gasteiger partial charge in [0, 0.05) is 18.3 Å². The molecule has 126 valence electrons. The number of rotatable bonds is 4. The molecule has 0 spiro atoms. The molecule has 1 N–H and O–H groups in total. The van der Waals surface area contributed by atoms with Crippen LogP contribution >= 0.6 is 11.3 Å². The van der Waals surface area contributed by atoms with Crippen LogP contribution in [0.5, 0.6) is 23.0 Å². The van der Waals surface area contributed by atoms with Crippen LogP contribution in [0.3, 0.4) is 0 Å². The third-order valence-electron chi connectivity index (χ3n) is 3.83. The van der Waals surface area contributed by atoms with Gasteiger partial charge in [-0.05, 0) is 12.1 Å². The van der Waals surface area contributed by atoms with E-state index in [1.165, 1.54) is 11.3 Å². The molecule has 7 heteroatoms. The SMILES string of the molecule is O=C(NCCC1COc2ccccc2O1)c1scc2c1OCCO2. The normalized spacial score (nSPS) is 18.1. The molecule has 0 aliphatic carbocycles. The van der Waals surface area contributed by atoms with Crippen LogP contribution in [-0.4, -0.2) is 38.4 Å². The number of benzene rings is 1. The van der Waals surface area contributed by atoms with E-state index in [0.29, 0.717) is 49.2 Å². The summed E-state index contributed by atoms with van der Waals surface area (Å²) < 4.78 is 22.5. The van der Waals surface area contributed by atoms with Crippen molar-refractivity contribution in [3.63, 3.8) is 0 Å². The van der Waals surface area contributed by atoms with E-state index in [1.54, 1.807) is 5.38 Å². The summed E-state index contributed by atoms with van der Waals surface area (Å²) in [5, 5.41) is 4.71. The van der Waals surface area contributed by atoms with Crippen molar-refractivity contribution in [3.8, 4) is 23.0 Å². The highest BCUT2D eigenvalue weighted by Gasteiger charge is 2.24. The standard InChI is InChI=1S/C17H17NO5S/c19-17(16-15-14(10-24-16)20-7-8-21-15)18-6-5-11-9-22-12-3-1-2-4-13(12)23-11/h1-4,10-11H,5-9H2,(H,18,19). The van der Waals surface area contributed by atoms with Gasteiger partial charge >= 0.3 is 0 Å². The van der Waals surface area contributed by atoms with E-state index in [4.69, 9.17) is 18.9 Å². The van der Waals surface area contributed by atoms with Gasteiger partial charge in [0.25, 0.3) is 5.91 Å². The Morgan fingerprint density at radius 3 is 2.88 bits per heavy atom. The molecule has 2 aliphatic heterocycles. The van der Waals surface area contributed by atoms with Gasteiger partial charge in [-0.2, -0.15) is 0 Å². The summed E-state index contributed by atoms with van der Waals surface area (Å²) >= 11 is 1.33. The van der Waals surface area contributed by atoms with E-state index < -0.39 is 0 Å². The second-order valence-corrected chi connectivity index (χ2v) is 6.38. The van der Waals surface area contributed by atoms with Crippen LogP contribution in [0.2, 0.25) is 0 Å². The van der Waals surface area contributed by atoms with Crippen LogP contribution in [0.15, 0.2) is 29.6 Å². The summed E-state index contributed by atoms with van der Waals surface area (Å²) in [6, 6.07) is 7.59. The number of hydrogen-bond donors (Lipinski definition) is 1. The van der Waals surface area contributed by atoms with Crippen LogP contribution in [-0.2, 0) is 0 Å². The first kappa shape index (κ1) is 15.1. The lowest BCUT2D eigenvalue weighted by Crippen LogP contribution is -2.34. The molecule has 1 aromatic carbocycles. The molecular formula is C17H17NO5S. The van der Waals surface area contributed by atoms with Gasteiger partial charge in [0.1, 0.15) is 30.8 Å². The van der Waals surface area contributed by atoms with Gasteiger partial charge in [-0.1, -0.05) is 12.1 Å². The largest absolute Gasteiger partial charge is 0.486 e. The first-order valence-electron chi connectivity index (χ1n) is 7.85. The van der Waals surface area contributed by atoms with E-state index >= 15 is 0 Å². The number of carbonyl (C=O) groups excluding carboxylic acids is 1. The Labute approximate surface area is 143 Å². The van der Waals surface area contributed by atoms with Crippen LogP contribution in [0, 0.1) is 0 Å². The van der Waals surface area contributed by atoms with Gasteiger partial charge in [0.15, 0.2) is 23.0 Å². The van der Waals surface area contributed by atoms with Gasteiger partial charge in [0.05, 0.1) is 0 Å². The number of fused-ring (bicyclic) bond motifs is 2. The molecule has 0 fully saturated rings. The maximum atomic E-state index is 12.3. The molecule has 1 unspecified atom stereocenters. The van der Waals surface area contributed by atoms with E-state index in [1.807, 2.05) is 24.3 Å². The predicted octanol–water partition coefficient (Wildman–Crippen LogP) is 2.48. The van der Waals surface area contributed by atoms with Gasteiger partial charge in [-0.25, -0.2) is 0 Å². The molecule has 1 amide bonds. The average molecular weight is 347 g/mol. The van der Waals surface area contributed by atoms with Crippen LogP contribution in [0.4, 0.5) is 0 Å². The Bertz CT molecular complexity index is 744. The maximum Gasteiger partial charge on any atom is 0.265 e. The minimum absolute atomic E-state index is 0.0722. The van der Waals surface area contributed by atoms with Crippen molar-refractivity contribution in [3.05, 3.63) is 34.5 Å². The van der Waals surface area contributed by atoms with E-state index in [-0.39, 0.29) is 12.0 Å². The maximum absolute atomic E-state index is 12.3. The predicted molar refractivity (Wildman–Crippen MR) is 88.6 cm³/mol. The van der Waals surface area contributed by atoms with Crippen molar-refractivity contribution in [2.75, 3.05) is 26.4 Å². The molecular weight excluding hydrogens is 330 g/mol. The first-order chi connectivity index (χ1) is 11.8. The molecule has 0 bridgehead atoms. The van der Waals surface area contributed by atoms with Gasteiger partial charge in [-0.3, -0.25) is 4.79 Å². The topological polar surface area (TPSA) is 66.0 Å². The van der Waals surface area contributed by atoms with Crippen LogP contribution < -0.4 is 24.3 Å². The second-order valence-electron chi connectivity index (χ2n) is 5.50. The first-order valence-corrected chi connectivity index (χ1v) is 8.73. The summed E-state index contributed by atoms with van der Waals surface area (Å²) in [5.41, 5.74) is 0. The quantitative estimate of drug-likeness (QED) is 0.920. The van der Waals surface area contributed by atoms with E-state index in [9.17, 15) is 4.79 Å². The average Bonchev–Trinajstić information content (AvgIpc) is 3.06. The molecule has 1 atom stereocenters. The second kappa shape index (κ2) is 6.60. The van der Waals surface area contributed by atoms with Crippen molar-refractivity contribution >= 4 is 17.2 Å². The molecule has 0 saturated heterocycles. The van der Waals surface area contributed by atoms with Crippen LogP contribution in [0.25, 0.3) is 0 Å². The Morgan fingerprint density at radius 2 is 1.96 bits per heavy atom. The fourth-order valence-electron chi connectivity index (χ4n) is 2.65. The summed E-state index contributed by atoms with van der Waals surface area (Å²) in [4.78, 5) is 12.9. The lowest BCUT2D eigenvalue weighted by atomic mass is 10.2. The highest BCUT2D eigenvalue weighted by molar-refractivity contribution is 7.12. The Balaban J connectivity index is 1.30. The number of para-hydroxylation sites is 2. The Kier molecular flexibility index (Phi) is 4.17. The van der Waals surface area contributed by atoms with Crippen molar-refractivity contribution < 1.29 is 23.7 Å². The zero-order chi connectivity index (χ0) is 16.4. The summed E-state index contributed by atoms with van der Waals surface area (Å²) in [6.45, 7) is 1.97. The van der Waals surface area contributed by atoms with Crippen molar-refractivity contribution in [1.29, 1.82) is 0 Å².